The molecule has 96 valence electrons. The minimum atomic E-state index is -2.77. The Labute approximate surface area is 98.6 Å². The van der Waals surface area contributed by atoms with Crippen LogP contribution < -0.4 is 10.1 Å². The van der Waals surface area contributed by atoms with Crippen LogP contribution in [0.4, 0.5) is 14.6 Å². The minimum Gasteiger partial charge on any atom is -0.490 e. The van der Waals surface area contributed by atoms with E-state index in [-0.39, 0.29) is 6.54 Å². The van der Waals surface area contributed by atoms with Gasteiger partial charge in [-0.2, -0.15) is 0 Å². The van der Waals surface area contributed by atoms with Crippen LogP contribution in [0.25, 0.3) is 0 Å². The van der Waals surface area contributed by atoms with E-state index in [1.54, 1.807) is 12.1 Å². The van der Waals surface area contributed by atoms with Crippen molar-refractivity contribution in [2.45, 2.75) is 25.9 Å². The zero-order valence-corrected chi connectivity index (χ0v) is 9.57. The van der Waals surface area contributed by atoms with E-state index in [1.807, 2.05) is 6.92 Å². The van der Waals surface area contributed by atoms with Crippen LogP contribution in [0.15, 0.2) is 18.3 Å². The number of ether oxygens (including phenoxy) is 1. The van der Waals surface area contributed by atoms with Crippen molar-refractivity contribution in [2.24, 2.45) is 0 Å². The van der Waals surface area contributed by atoms with Gasteiger partial charge in [0.25, 0.3) is 6.43 Å². The highest BCUT2D eigenvalue weighted by Gasteiger charge is 2.17. The second-order valence-corrected chi connectivity index (χ2v) is 3.48. The number of anilines is 1. The molecule has 1 aromatic rings. The summed E-state index contributed by atoms with van der Waals surface area (Å²) in [5.74, 6) is 0.858. The van der Waals surface area contributed by atoms with Crippen molar-refractivity contribution in [1.29, 1.82) is 0 Å². The maximum absolute atomic E-state index is 12.1. The molecule has 0 aliphatic carbocycles. The molecule has 0 bridgehead atoms. The van der Waals surface area contributed by atoms with Crippen LogP contribution in [0.5, 0.6) is 5.75 Å². The summed E-state index contributed by atoms with van der Waals surface area (Å²) in [5, 5.41) is 11.6. The number of pyridine rings is 1. The molecule has 0 saturated heterocycles. The zero-order valence-electron chi connectivity index (χ0n) is 9.57. The van der Waals surface area contributed by atoms with Gasteiger partial charge in [0, 0.05) is 12.7 Å². The quantitative estimate of drug-likeness (QED) is 0.771. The maximum atomic E-state index is 12.1. The molecule has 1 rings (SSSR count). The van der Waals surface area contributed by atoms with Crippen LogP contribution in [-0.2, 0) is 0 Å². The van der Waals surface area contributed by atoms with E-state index >= 15 is 0 Å². The van der Waals surface area contributed by atoms with Crippen molar-refractivity contribution in [3.8, 4) is 5.75 Å². The molecule has 4 nitrogen and oxygen atoms in total. The van der Waals surface area contributed by atoms with Gasteiger partial charge >= 0.3 is 0 Å². The standard InChI is InChI=1S/C11H16F2N2O2/c1-2-6-17-9-4-3-5-14-11(9)15-7-8(16)10(12)13/h3-5,8,10,16H,2,6-7H2,1H3,(H,14,15). The Morgan fingerprint density at radius 3 is 2.94 bits per heavy atom. The summed E-state index contributed by atoms with van der Waals surface area (Å²) >= 11 is 0. The number of nitrogens with one attached hydrogen (secondary N) is 1. The number of nitrogens with zero attached hydrogens (tertiary/aromatic N) is 1. The first-order chi connectivity index (χ1) is 8.15. The minimum absolute atomic E-state index is 0.267. The van der Waals surface area contributed by atoms with Crippen molar-refractivity contribution < 1.29 is 18.6 Å². The summed E-state index contributed by atoms with van der Waals surface area (Å²) < 4.78 is 29.6. The van der Waals surface area contributed by atoms with Gasteiger partial charge in [0.05, 0.1) is 6.61 Å². The summed E-state index contributed by atoms with van der Waals surface area (Å²) in [6, 6.07) is 3.39. The monoisotopic (exact) mass is 246 g/mol. The second kappa shape index (κ2) is 7.01. The molecule has 0 fully saturated rings. The number of aromatic nitrogens is 1. The highest BCUT2D eigenvalue weighted by molar-refractivity contribution is 5.49. The van der Waals surface area contributed by atoms with Gasteiger partial charge in [-0.3, -0.25) is 0 Å². The average molecular weight is 246 g/mol. The highest BCUT2D eigenvalue weighted by Crippen LogP contribution is 2.21. The molecule has 1 atom stereocenters. The summed E-state index contributed by atoms with van der Waals surface area (Å²) in [5.41, 5.74) is 0. The smallest absolute Gasteiger partial charge is 0.265 e. The van der Waals surface area contributed by atoms with E-state index in [4.69, 9.17) is 9.84 Å². The van der Waals surface area contributed by atoms with Crippen LogP contribution in [0.3, 0.4) is 0 Å². The third-order valence-electron chi connectivity index (χ3n) is 2.00. The zero-order chi connectivity index (χ0) is 12.7. The number of alkyl halides is 2. The number of rotatable bonds is 7. The molecule has 0 radical (unpaired) electrons. The third kappa shape index (κ3) is 4.52. The molecular weight excluding hydrogens is 230 g/mol. The Hall–Kier alpha value is -1.43. The van der Waals surface area contributed by atoms with E-state index in [9.17, 15) is 8.78 Å². The van der Waals surface area contributed by atoms with Crippen molar-refractivity contribution in [3.05, 3.63) is 18.3 Å². The van der Waals surface area contributed by atoms with Crippen LogP contribution in [0.2, 0.25) is 0 Å². The normalized spacial score (nSPS) is 12.5. The fourth-order valence-corrected chi connectivity index (χ4v) is 1.14. The Morgan fingerprint density at radius 2 is 2.29 bits per heavy atom. The summed E-state index contributed by atoms with van der Waals surface area (Å²) in [4.78, 5) is 3.97. The fourth-order valence-electron chi connectivity index (χ4n) is 1.14. The molecule has 1 unspecified atom stereocenters. The molecule has 0 saturated carbocycles. The SMILES string of the molecule is CCCOc1cccnc1NCC(O)C(F)F. The lowest BCUT2D eigenvalue weighted by Crippen LogP contribution is -2.27. The number of aliphatic hydroxyl groups excluding tert-OH is 1. The lowest BCUT2D eigenvalue weighted by molar-refractivity contribution is 0.00378. The molecule has 0 aliphatic rings. The largest absolute Gasteiger partial charge is 0.490 e. The number of hydrogen-bond acceptors (Lipinski definition) is 4. The maximum Gasteiger partial charge on any atom is 0.265 e. The summed E-state index contributed by atoms with van der Waals surface area (Å²) in [6.45, 7) is 2.22. The van der Waals surface area contributed by atoms with Gasteiger partial charge in [-0.1, -0.05) is 6.92 Å². The van der Waals surface area contributed by atoms with Crippen LogP contribution in [0.1, 0.15) is 13.3 Å². The first-order valence-corrected chi connectivity index (χ1v) is 5.43. The van der Waals surface area contributed by atoms with Crippen molar-refractivity contribution in [1.82, 2.24) is 4.98 Å². The van der Waals surface area contributed by atoms with Crippen LogP contribution >= 0.6 is 0 Å². The molecule has 0 amide bonds. The average Bonchev–Trinajstić information content (AvgIpc) is 2.34. The lowest BCUT2D eigenvalue weighted by Gasteiger charge is -2.14. The van der Waals surface area contributed by atoms with Gasteiger partial charge in [0.1, 0.15) is 6.10 Å². The molecule has 0 aliphatic heterocycles. The predicted molar refractivity (Wildman–Crippen MR) is 60.5 cm³/mol. The van der Waals surface area contributed by atoms with Gasteiger partial charge in [-0.15, -0.1) is 0 Å². The van der Waals surface area contributed by atoms with Crippen molar-refractivity contribution >= 4 is 5.82 Å². The molecule has 6 heteroatoms. The van der Waals surface area contributed by atoms with E-state index in [0.717, 1.165) is 6.42 Å². The van der Waals surface area contributed by atoms with Crippen molar-refractivity contribution in [2.75, 3.05) is 18.5 Å². The molecule has 1 heterocycles. The van der Waals surface area contributed by atoms with Gasteiger partial charge in [0.15, 0.2) is 11.6 Å². The van der Waals surface area contributed by atoms with E-state index in [2.05, 4.69) is 10.3 Å². The first-order valence-electron chi connectivity index (χ1n) is 5.43. The van der Waals surface area contributed by atoms with Crippen molar-refractivity contribution in [3.63, 3.8) is 0 Å². The number of halogens is 2. The summed E-state index contributed by atoms with van der Waals surface area (Å²) in [6.07, 6.45) is -2.12. The second-order valence-electron chi connectivity index (χ2n) is 3.48. The highest BCUT2D eigenvalue weighted by atomic mass is 19.3. The molecular formula is C11H16F2N2O2. The van der Waals surface area contributed by atoms with Gasteiger partial charge in [-0.25, -0.2) is 13.8 Å². The third-order valence-corrected chi connectivity index (χ3v) is 2.00. The number of aliphatic hydroxyl groups is 1. The molecule has 2 N–H and O–H groups in total. The van der Waals surface area contributed by atoms with Gasteiger partial charge < -0.3 is 15.2 Å². The molecule has 0 aromatic carbocycles. The Morgan fingerprint density at radius 1 is 1.53 bits per heavy atom. The first kappa shape index (κ1) is 13.6. The Kier molecular flexibility index (Phi) is 5.62. The summed E-state index contributed by atoms with van der Waals surface area (Å²) in [7, 11) is 0. The van der Waals surface area contributed by atoms with Gasteiger partial charge in [-0.05, 0) is 18.6 Å². The van der Waals surface area contributed by atoms with Crippen LogP contribution in [0, 0.1) is 0 Å². The Bertz CT molecular complexity index is 337. The fraction of sp³-hybridized carbons (Fsp3) is 0.545. The topological polar surface area (TPSA) is 54.4 Å². The van der Waals surface area contributed by atoms with Crippen LogP contribution in [-0.4, -0.2) is 35.8 Å². The van der Waals surface area contributed by atoms with Gasteiger partial charge in [0.2, 0.25) is 0 Å². The number of hydrogen-bond donors (Lipinski definition) is 2. The molecule has 0 spiro atoms. The lowest BCUT2D eigenvalue weighted by atomic mass is 10.3. The Balaban J connectivity index is 2.57. The molecule has 17 heavy (non-hydrogen) atoms. The van der Waals surface area contributed by atoms with E-state index in [1.165, 1.54) is 6.20 Å². The van der Waals surface area contributed by atoms with E-state index < -0.39 is 12.5 Å². The predicted octanol–water partition coefficient (Wildman–Crippen LogP) is 1.91. The molecule has 1 aromatic heterocycles. The van der Waals surface area contributed by atoms with E-state index in [0.29, 0.717) is 18.2 Å².